The summed E-state index contributed by atoms with van der Waals surface area (Å²) >= 11 is 0. The first-order valence-electron chi connectivity index (χ1n) is 6.35. The topological polar surface area (TPSA) is 104 Å². The minimum Gasteiger partial charge on any atom is -0.394 e. The monoisotopic (exact) mass is 281 g/mol. The number of nitrogens with one attached hydrogen (secondary N) is 2. The molecule has 0 aliphatic carbocycles. The van der Waals surface area contributed by atoms with Gasteiger partial charge in [0.05, 0.1) is 17.6 Å². The number of nitro groups is 1. The standard InChI is InChI=1S/C13H19N3O4/c1-9(2)7-11(8-17)15-13(18)14-10-3-5-12(6-4-10)16(19)20/h3-6,9,11,17H,7-8H2,1-2H3,(H2,14,15,18). The van der Waals surface area contributed by atoms with E-state index in [2.05, 4.69) is 10.6 Å². The lowest BCUT2D eigenvalue weighted by Gasteiger charge is -2.18. The Morgan fingerprint density at radius 2 is 1.95 bits per heavy atom. The van der Waals surface area contributed by atoms with Crippen LogP contribution in [0.2, 0.25) is 0 Å². The molecular weight excluding hydrogens is 262 g/mol. The third-order valence-corrected chi connectivity index (χ3v) is 2.65. The molecule has 0 radical (unpaired) electrons. The smallest absolute Gasteiger partial charge is 0.319 e. The molecule has 7 heteroatoms. The van der Waals surface area contributed by atoms with E-state index in [0.29, 0.717) is 18.0 Å². The molecule has 1 atom stereocenters. The van der Waals surface area contributed by atoms with E-state index in [0.717, 1.165) is 0 Å². The summed E-state index contributed by atoms with van der Waals surface area (Å²) in [6, 6.07) is 4.77. The Morgan fingerprint density at radius 1 is 1.35 bits per heavy atom. The summed E-state index contributed by atoms with van der Waals surface area (Å²) in [5, 5.41) is 24.9. The number of amides is 2. The van der Waals surface area contributed by atoms with Gasteiger partial charge in [-0.3, -0.25) is 10.1 Å². The Bertz CT molecular complexity index is 459. The fourth-order valence-electron chi connectivity index (χ4n) is 1.77. The number of carbonyl (C=O) groups is 1. The van der Waals surface area contributed by atoms with Gasteiger partial charge in [0.1, 0.15) is 0 Å². The highest BCUT2D eigenvalue weighted by Crippen LogP contribution is 2.15. The first-order chi connectivity index (χ1) is 9.42. The Morgan fingerprint density at radius 3 is 2.40 bits per heavy atom. The van der Waals surface area contributed by atoms with Crippen LogP contribution in [0.25, 0.3) is 0 Å². The van der Waals surface area contributed by atoms with Crippen LogP contribution in [0.5, 0.6) is 0 Å². The van der Waals surface area contributed by atoms with Crippen molar-refractivity contribution < 1.29 is 14.8 Å². The van der Waals surface area contributed by atoms with Crippen LogP contribution in [0.1, 0.15) is 20.3 Å². The molecule has 1 rings (SSSR count). The number of benzene rings is 1. The van der Waals surface area contributed by atoms with E-state index in [1.807, 2.05) is 13.8 Å². The second-order valence-electron chi connectivity index (χ2n) is 4.91. The molecule has 2 amide bonds. The molecular formula is C13H19N3O4. The van der Waals surface area contributed by atoms with Crippen molar-refractivity contribution in [3.8, 4) is 0 Å². The van der Waals surface area contributed by atoms with Crippen LogP contribution in [0.4, 0.5) is 16.2 Å². The number of hydrogen-bond donors (Lipinski definition) is 3. The minimum absolute atomic E-state index is 0.0380. The van der Waals surface area contributed by atoms with Crippen LogP contribution < -0.4 is 10.6 Å². The maximum Gasteiger partial charge on any atom is 0.319 e. The molecule has 0 aliphatic heterocycles. The first kappa shape index (κ1) is 15.9. The van der Waals surface area contributed by atoms with Gasteiger partial charge >= 0.3 is 6.03 Å². The predicted molar refractivity (Wildman–Crippen MR) is 75.6 cm³/mol. The summed E-state index contributed by atoms with van der Waals surface area (Å²) in [6.07, 6.45) is 0.671. The molecule has 0 saturated carbocycles. The average Bonchev–Trinajstić information content (AvgIpc) is 2.37. The predicted octanol–water partition coefficient (Wildman–Crippen LogP) is 2.12. The zero-order valence-corrected chi connectivity index (χ0v) is 11.5. The second-order valence-corrected chi connectivity index (χ2v) is 4.91. The van der Waals surface area contributed by atoms with E-state index in [1.54, 1.807) is 0 Å². The lowest BCUT2D eigenvalue weighted by atomic mass is 10.0. The lowest BCUT2D eigenvalue weighted by molar-refractivity contribution is -0.384. The summed E-state index contributed by atoms with van der Waals surface area (Å²) in [4.78, 5) is 21.7. The second kappa shape index (κ2) is 7.44. The number of hydrogen-bond acceptors (Lipinski definition) is 4. The number of aliphatic hydroxyl groups excluding tert-OH is 1. The molecule has 1 unspecified atom stereocenters. The summed E-state index contributed by atoms with van der Waals surface area (Å²) in [7, 11) is 0. The Labute approximate surface area is 117 Å². The van der Waals surface area contributed by atoms with Gasteiger partial charge in [-0.2, -0.15) is 0 Å². The molecule has 0 bridgehead atoms. The van der Waals surface area contributed by atoms with Crippen LogP contribution in [-0.2, 0) is 0 Å². The Balaban J connectivity index is 2.55. The van der Waals surface area contributed by atoms with Crippen LogP contribution in [0.3, 0.4) is 0 Å². The van der Waals surface area contributed by atoms with E-state index < -0.39 is 11.0 Å². The van der Waals surface area contributed by atoms with E-state index in [-0.39, 0.29) is 18.3 Å². The fraction of sp³-hybridized carbons (Fsp3) is 0.462. The highest BCUT2D eigenvalue weighted by molar-refractivity contribution is 5.89. The largest absolute Gasteiger partial charge is 0.394 e. The fourth-order valence-corrected chi connectivity index (χ4v) is 1.77. The van der Waals surface area contributed by atoms with Crippen molar-refractivity contribution in [2.45, 2.75) is 26.3 Å². The van der Waals surface area contributed by atoms with Gasteiger partial charge < -0.3 is 15.7 Å². The third-order valence-electron chi connectivity index (χ3n) is 2.65. The number of rotatable bonds is 6. The van der Waals surface area contributed by atoms with E-state index >= 15 is 0 Å². The van der Waals surface area contributed by atoms with E-state index in [4.69, 9.17) is 5.11 Å². The summed E-state index contributed by atoms with van der Waals surface area (Å²) in [6.45, 7) is 3.86. The van der Waals surface area contributed by atoms with Crippen LogP contribution in [-0.4, -0.2) is 28.7 Å². The molecule has 3 N–H and O–H groups in total. The van der Waals surface area contributed by atoms with Crippen molar-refractivity contribution in [3.05, 3.63) is 34.4 Å². The number of anilines is 1. The quantitative estimate of drug-likeness (QED) is 0.548. The van der Waals surface area contributed by atoms with Crippen molar-refractivity contribution in [3.63, 3.8) is 0 Å². The maximum atomic E-state index is 11.7. The molecule has 110 valence electrons. The number of nitrogens with zero attached hydrogens (tertiary/aromatic N) is 1. The first-order valence-corrected chi connectivity index (χ1v) is 6.35. The third kappa shape index (κ3) is 5.23. The van der Waals surface area contributed by atoms with Gasteiger partial charge in [0.15, 0.2) is 0 Å². The zero-order valence-electron chi connectivity index (χ0n) is 11.5. The number of nitro benzene ring substituents is 1. The van der Waals surface area contributed by atoms with E-state index in [9.17, 15) is 14.9 Å². The van der Waals surface area contributed by atoms with Crippen LogP contribution >= 0.6 is 0 Å². The van der Waals surface area contributed by atoms with Crippen LogP contribution in [0.15, 0.2) is 24.3 Å². The van der Waals surface area contributed by atoms with Crippen molar-refractivity contribution in [2.24, 2.45) is 5.92 Å². The zero-order chi connectivity index (χ0) is 15.1. The molecule has 0 fully saturated rings. The van der Waals surface area contributed by atoms with Gasteiger partial charge in [0.2, 0.25) is 0 Å². The SMILES string of the molecule is CC(C)CC(CO)NC(=O)Nc1ccc([N+](=O)[O-])cc1. The maximum absolute atomic E-state index is 11.7. The van der Waals surface area contributed by atoms with Gasteiger partial charge in [-0.15, -0.1) is 0 Å². The van der Waals surface area contributed by atoms with E-state index in [1.165, 1.54) is 24.3 Å². The average molecular weight is 281 g/mol. The Hall–Kier alpha value is -2.15. The molecule has 1 aromatic rings. The van der Waals surface area contributed by atoms with Gasteiger partial charge in [0, 0.05) is 17.8 Å². The lowest BCUT2D eigenvalue weighted by Crippen LogP contribution is -2.40. The van der Waals surface area contributed by atoms with Crippen molar-refractivity contribution in [1.82, 2.24) is 5.32 Å². The van der Waals surface area contributed by atoms with Crippen LogP contribution in [0, 0.1) is 16.0 Å². The molecule has 20 heavy (non-hydrogen) atoms. The number of urea groups is 1. The Kier molecular flexibility index (Phi) is 5.92. The normalized spacial score (nSPS) is 12.0. The molecule has 0 spiro atoms. The van der Waals surface area contributed by atoms with Gasteiger partial charge in [-0.25, -0.2) is 4.79 Å². The van der Waals surface area contributed by atoms with Crippen molar-refractivity contribution in [1.29, 1.82) is 0 Å². The number of non-ortho nitro benzene ring substituents is 1. The molecule has 7 nitrogen and oxygen atoms in total. The molecule has 0 saturated heterocycles. The van der Waals surface area contributed by atoms with Gasteiger partial charge in [-0.1, -0.05) is 13.8 Å². The summed E-state index contributed by atoms with van der Waals surface area (Å²) < 4.78 is 0. The van der Waals surface area contributed by atoms with Gasteiger partial charge in [-0.05, 0) is 24.5 Å². The van der Waals surface area contributed by atoms with Gasteiger partial charge in [0.25, 0.3) is 5.69 Å². The van der Waals surface area contributed by atoms with Crippen molar-refractivity contribution >= 4 is 17.4 Å². The highest BCUT2D eigenvalue weighted by atomic mass is 16.6. The van der Waals surface area contributed by atoms with Crippen molar-refractivity contribution in [2.75, 3.05) is 11.9 Å². The molecule has 0 aromatic heterocycles. The summed E-state index contributed by atoms with van der Waals surface area (Å²) in [5.41, 5.74) is 0.415. The number of aliphatic hydroxyl groups is 1. The number of carbonyl (C=O) groups excluding carboxylic acids is 1. The highest BCUT2D eigenvalue weighted by Gasteiger charge is 2.13. The molecule has 1 aromatic carbocycles. The molecule has 0 heterocycles. The minimum atomic E-state index is -0.506. The summed E-state index contributed by atoms with van der Waals surface area (Å²) in [5.74, 6) is 0.354. The molecule has 0 aliphatic rings.